The van der Waals surface area contributed by atoms with Crippen LogP contribution < -0.4 is 5.32 Å². The van der Waals surface area contributed by atoms with Crippen LogP contribution in [0.5, 0.6) is 0 Å². The van der Waals surface area contributed by atoms with Gasteiger partial charge in [0.2, 0.25) is 10.0 Å². The lowest BCUT2D eigenvalue weighted by molar-refractivity contribution is 0.360. The minimum atomic E-state index is -3.61. The van der Waals surface area contributed by atoms with E-state index in [9.17, 15) is 8.42 Å². The summed E-state index contributed by atoms with van der Waals surface area (Å²) in [4.78, 5) is 4.22. The highest BCUT2D eigenvalue weighted by molar-refractivity contribution is 7.89. The SMILES string of the molecule is CCNc1ccc(S(=O)(=O)N(CCC#N)C(C)C)cn1. The molecule has 0 amide bonds. The van der Waals surface area contributed by atoms with Crippen molar-refractivity contribution < 1.29 is 8.42 Å². The van der Waals surface area contributed by atoms with Gasteiger partial charge >= 0.3 is 0 Å². The second-order valence-electron chi connectivity index (χ2n) is 4.53. The van der Waals surface area contributed by atoms with E-state index < -0.39 is 10.0 Å². The van der Waals surface area contributed by atoms with Crippen LogP contribution in [0.25, 0.3) is 0 Å². The van der Waals surface area contributed by atoms with Gasteiger partial charge in [-0.3, -0.25) is 0 Å². The fourth-order valence-electron chi connectivity index (χ4n) is 1.77. The van der Waals surface area contributed by atoms with Crippen molar-refractivity contribution in [1.82, 2.24) is 9.29 Å². The summed E-state index contributed by atoms with van der Waals surface area (Å²) in [5.41, 5.74) is 0. The van der Waals surface area contributed by atoms with Crippen molar-refractivity contribution in [3.05, 3.63) is 18.3 Å². The average molecular weight is 296 g/mol. The highest BCUT2D eigenvalue weighted by Gasteiger charge is 2.26. The third kappa shape index (κ3) is 3.92. The third-order valence-corrected chi connectivity index (χ3v) is 4.78. The molecule has 1 aromatic rings. The Kier molecular flexibility index (Phi) is 5.92. The fraction of sp³-hybridized carbons (Fsp3) is 0.538. The smallest absolute Gasteiger partial charge is 0.244 e. The highest BCUT2D eigenvalue weighted by Crippen LogP contribution is 2.19. The van der Waals surface area contributed by atoms with Crippen LogP contribution in [-0.4, -0.2) is 36.8 Å². The van der Waals surface area contributed by atoms with Crippen molar-refractivity contribution in [2.75, 3.05) is 18.4 Å². The van der Waals surface area contributed by atoms with Gasteiger partial charge in [-0.15, -0.1) is 0 Å². The van der Waals surface area contributed by atoms with Crippen LogP contribution in [-0.2, 0) is 10.0 Å². The van der Waals surface area contributed by atoms with Crippen LogP contribution in [0.3, 0.4) is 0 Å². The molecule has 0 bridgehead atoms. The summed E-state index contributed by atoms with van der Waals surface area (Å²) in [5.74, 6) is 0.638. The quantitative estimate of drug-likeness (QED) is 0.829. The van der Waals surface area contributed by atoms with Crippen molar-refractivity contribution in [2.45, 2.75) is 38.1 Å². The number of pyridine rings is 1. The Morgan fingerprint density at radius 2 is 2.15 bits per heavy atom. The monoisotopic (exact) mass is 296 g/mol. The van der Waals surface area contributed by atoms with Crippen molar-refractivity contribution in [1.29, 1.82) is 5.26 Å². The van der Waals surface area contributed by atoms with Crippen molar-refractivity contribution in [2.24, 2.45) is 0 Å². The molecule has 0 saturated heterocycles. The van der Waals surface area contributed by atoms with Crippen molar-refractivity contribution in [3.63, 3.8) is 0 Å². The summed E-state index contributed by atoms with van der Waals surface area (Å²) in [7, 11) is -3.61. The first-order valence-corrected chi connectivity index (χ1v) is 7.96. The Bertz CT molecular complexity index is 561. The minimum Gasteiger partial charge on any atom is -0.370 e. The number of sulfonamides is 1. The molecule has 0 spiro atoms. The van der Waals surface area contributed by atoms with E-state index in [1.807, 2.05) is 13.0 Å². The summed E-state index contributed by atoms with van der Waals surface area (Å²) in [5, 5.41) is 11.6. The largest absolute Gasteiger partial charge is 0.370 e. The predicted molar refractivity (Wildman–Crippen MR) is 77.7 cm³/mol. The Morgan fingerprint density at radius 3 is 2.60 bits per heavy atom. The molecule has 0 saturated carbocycles. The van der Waals surface area contributed by atoms with Gasteiger partial charge in [0.15, 0.2) is 0 Å². The summed E-state index contributed by atoms with van der Waals surface area (Å²) in [6, 6.07) is 4.93. The van der Waals surface area contributed by atoms with E-state index in [2.05, 4.69) is 10.3 Å². The molecule has 0 fully saturated rings. The molecule has 0 atom stereocenters. The van der Waals surface area contributed by atoms with Gasteiger partial charge in [-0.2, -0.15) is 9.57 Å². The molecule has 0 aliphatic heterocycles. The van der Waals surface area contributed by atoms with Gasteiger partial charge in [0, 0.05) is 31.7 Å². The topological polar surface area (TPSA) is 86.1 Å². The molecule has 0 aliphatic carbocycles. The Balaban J connectivity index is 3.03. The number of nitriles is 1. The molecular weight excluding hydrogens is 276 g/mol. The molecule has 1 heterocycles. The van der Waals surface area contributed by atoms with Gasteiger partial charge in [-0.25, -0.2) is 13.4 Å². The molecule has 110 valence electrons. The zero-order chi connectivity index (χ0) is 15.2. The first-order chi connectivity index (χ1) is 9.43. The molecule has 0 unspecified atom stereocenters. The van der Waals surface area contributed by atoms with Gasteiger partial charge in [-0.1, -0.05) is 0 Å². The van der Waals surface area contributed by atoms with Crippen LogP contribution >= 0.6 is 0 Å². The van der Waals surface area contributed by atoms with Crippen LogP contribution in [0, 0.1) is 11.3 Å². The molecule has 0 aromatic carbocycles. The molecule has 6 nitrogen and oxygen atoms in total. The fourth-order valence-corrected chi connectivity index (χ4v) is 3.35. The number of aromatic nitrogens is 1. The van der Waals surface area contributed by atoms with Crippen LogP contribution in [0.4, 0.5) is 5.82 Å². The van der Waals surface area contributed by atoms with Crippen LogP contribution in [0.15, 0.2) is 23.2 Å². The van der Waals surface area contributed by atoms with E-state index >= 15 is 0 Å². The van der Waals surface area contributed by atoms with Gasteiger partial charge in [-0.05, 0) is 32.9 Å². The lowest BCUT2D eigenvalue weighted by Gasteiger charge is -2.24. The molecule has 0 aliphatic rings. The molecule has 20 heavy (non-hydrogen) atoms. The maximum atomic E-state index is 12.5. The molecule has 0 radical (unpaired) electrons. The summed E-state index contributed by atoms with van der Waals surface area (Å²) in [6.07, 6.45) is 1.51. The van der Waals surface area contributed by atoms with E-state index in [-0.39, 0.29) is 23.9 Å². The average Bonchev–Trinajstić information content (AvgIpc) is 2.39. The molecule has 1 rings (SSSR count). The van der Waals surface area contributed by atoms with Crippen LogP contribution in [0.1, 0.15) is 27.2 Å². The summed E-state index contributed by atoms with van der Waals surface area (Å²) in [6.45, 7) is 6.42. The van der Waals surface area contributed by atoms with E-state index in [1.54, 1.807) is 19.9 Å². The van der Waals surface area contributed by atoms with E-state index in [0.29, 0.717) is 5.82 Å². The predicted octanol–water partition coefficient (Wildman–Crippen LogP) is 1.83. The van der Waals surface area contributed by atoms with Crippen molar-refractivity contribution >= 4 is 15.8 Å². The number of anilines is 1. The van der Waals surface area contributed by atoms with Gasteiger partial charge in [0.1, 0.15) is 10.7 Å². The zero-order valence-corrected chi connectivity index (χ0v) is 12.8. The van der Waals surface area contributed by atoms with E-state index in [1.165, 1.54) is 16.6 Å². The Morgan fingerprint density at radius 1 is 1.45 bits per heavy atom. The first kappa shape index (κ1) is 16.4. The zero-order valence-electron chi connectivity index (χ0n) is 12.0. The first-order valence-electron chi connectivity index (χ1n) is 6.52. The maximum absolute atomic E-state index is 12.5. The summed E-state index contributed by atoms with van der Waals surface area (Å²) >= 11 is 0. The molecule has 7 heteroatoms. The molecule has 1 N–H and O–H groups in total. The minimum absolute atomic E-state index is 0.144. The third-order valence-electron chi connectivity index (χ3n) is 2.72. The molecular formula is C13H20N4O2S. The van der Waals surface area contributed by atoms with E-state index in [4.69, 9.17) is 5.26 Å². The number of hydrogen-bond donors (Lipinski definition) is 1. The molecule has 1 aromatic heterocycles. The van der Waals surface area contributed by atoms with Crippen molar-refractivity contribution in [3.8, 4) is 6.07 Å². The number of nitrogens with one attached hydrogen (secondary N) is 1. The Hall–Kier alpha value is -1.65. The van der Waals surface area contributed by atoms with E-state index in [0.717, 1.165) is 6.54 Å². The number of hydrogen-bond acceptors (Lipinski definition) is 5. The summed E-state index contributed by atoms with van der Waals surface area (Å²) < 4.78 is 26.3. The second kappa shape index (κ2) is 7.22. The lowest BCUT2D eigenvalue weighted by atomic mass is 10.3. The normalized spacial score (nSPS) is 11.6. The standard InChI is InChI=1S/C13H20N4O2S/c1-4-15-13-7-6-12(10-16-13)20(18,19)17(11(2)3)9-5-8-14/h6-7,10-11H,4-5,9H2,1-3H3,(H,15,16). The maximum Gasteiger partial charge on any atom is 0.244 e. The van der Waals surface area contributed by atoms with Gasteiger partial charge in [0.25, 0.3) is 0 Å². The number of rotatable bonds is 7. The lowest BCUT2D eigenvalue weighted by Crippen LogP contribution is -2.37. The van der Waals surface area contributed by atoms with Gasteiger partial charge < -0.3 is 5.32 Å². The number of nitrogens with zero attached hydrogens (tertiary/aromatic N) is 3. The Labute approximate surface area is 120 Å². The van der Waals surface area contributed by atoms with Crippen LogP contribution in [0.2, 0.25) is 0 Å². The highest BCUT2D eigenvalue weighted by atomic mass is 32.2. The van der Waals surface area contributed by atoms with Gasteiger partial charge in [0.05, 0.1) is 6.07 Å². The second-order valence-corrected chi connectivity index (χ2v) is 6.42.